The molecule has 0 aromatic heterocycles. The van der Waals surface area contributed by atoms with Crippen LogP contribution in [0.1, 0.15) is 67.9 Å². The maximum absolute atomic E-state index is 13.5. The summed E-state index contributed by atoms with van der Waals surface area (Å²) < 4.78 is 11.7. The van der Waals surface area contributed by atoms with Crippen LogP contribution in [0.2, 0.25) is 0 Å². The normalized spacial score (nSPS) is 18.5. The number of carbonyl (C=O) groups excluding carboxylic acids is 3. The van der Waals surface area contributed by atoms with Crippen molar-refractivity contribution in [3.63, 3.8) is 0 Å². The molecular weight excluding hydrogens is 588 g/mol. The molecule has 4 rings (SSSR count). The number of amides is 3. The lowest BCUT2D eigenvalue weighted by Crippen LogP contribution is -2.40. The molecule has 1 aliphatic heterocycles. The molecule has 0 radical (unpaired) electrons. The molecule has 1 heterocycles. The Morgan fingerprint density at radius 2 is 1.80 bits per heavy atom. The first-order valence-corrected chi connectivity index (χ1v) is 14.9. The van der Waals surface area contributed by atoms with Gasteiger partial charge in [-0.25, -0.2) is 4.79 Å². The summed E-state index contributed by atoms with van der Waals surface area (Å²) in [5.41, 5.74) is 3.70. The number of hydrogen-bond acceptors (Lipinski definition) is 6. The zero-order valence-corrected chi connectivity index (χ0v) is 26.4. The highest BCUT2D eigenvalue weighted by Crippen LogP contribution is 2.37. The number of hydrogen-bond donors (Lipinski definition) is 2. The molecule has 0 bridgehead atoms. The van der Waals surface area contributed by atoms with Crippen LogP contribution >= 0.6 is 15.9 Å². The van der Waals surface area contributed by atoms with Gasteiger partial charge in [0.05, 0.1) is 7.11 Å². The Balaban J connectivity index is 1.30. The molecule has 1 fully saturated rings. The number of methoxy groups -OCH3 is 1. The fourth-order valence-electron chi connectivity index (χ4n) is 5.37. The first kappa shape index (κ1) is 30.7. The predicted octanol–water partition coefficient (Wildman–Crippen LogP) is 6.20. The second-order valence-electron chi connectivity index (χ2n) is 11.9. The molecular formula is C31H41BrN4O5. The Hall–Kier alpha value is -3.27. The van der Waals surface area contributed by atoms with Crippen molar-refractivity contribution in [3.05, 3.63) is 51.5 Å². The molecule has 9 nitrogen and oxygen atoms in total. The summed E-state index contributed by atoms with van der Waals surface area (Å²) in [7, 11) is 3.32. The second kappa shape index (κ2) is 12.7. The van der Waals surface area contributed by atoms with E-state index in [2.05, 4.69) is 26.6 Å². The minimum Gasteiger partial charge on any atom is -0.496 e. The van der Waals surface area contributed by atoms with Gasteiger partial charge < -0.3 is 29.9 Å². The summed E-state index contributed by atoms with van der Waals surface area (Å²) in [4.78, 5) is 42.1. The van der Waals surface area contributed by atoms with Crippen LogP contribution in [0.4, 0.5) is 16.2 Å². The standard InChI is InChI=1S/C31H41BrN4O5/c1-19-7-10-21(17-27(19)40-6)34-28(37)20-8-11-23(12-9-20)36-18-25-24(29(36)38)15-22(16-26(25)32)33-13-14-35(5)30(39)41-31(2,3)4/h7,10,15-17,20,23,33H,8-9,11-14,18H2,1-6H3,(H,34,37). The van der Waals surface area contributed by atoms with Crippen LogP contribution in [0.3, 0.4) is 0 Å². The summed E-state index contributed by atoms with van der Waals surface area (Å²) in [6.07, 6.45) is 2.67. The van der Waals surface area contributed by atoms with Crippen molar-refractivity contribution in [1.29, 1.82) is 0 Å². The average molecular weight is 630 g/mol. The molecule has 1 saturated carbocycles. The quantitative estimate of drug-likeness (QED) is 0.361. The van der Waals surface area contributed by atoms with Gasteiger partial charge in [0.25, 0.3) is 5.91 Å². The van der Waals surface area contributed by atoms with Gasteiger partial charge in [0.2, 0.25) is 5.91 Å². The van der Waals surface area contributed by atoms with Crippen LogP contribution in [0, 0.1) is 12.8 Å². The van der Waals surface area contributed by atoms with E-state index in [0.717, 1.165) is 58.4 Å². The van der Waals surface area contributed by atoms with E-state index in [1.165, 1.54) is 4.90 Å². The molecule has 2 aromatic rings. The highest BCUT2D eigenvalue weighted by molar-refractivity contribution is 9.10. The highest BCUT2D eigenvalue weighted by Gasteiger charge is 2.37. The zero-order valence-electron chi connectivity index (χ0n) is 24.8. The SMILES string of the molecule is COc1cc(NC(=O)C2CCC(N3Cc4c(Br)cc(NCCN(C)C(=O)OC(C)(C)C)cc4C3=O)CC2)ccc1C. The Labute approximate surface area is 251 Å². The number of nitrogens with one attached hydrogen (secondary N) is 2. The molecule has 0 atom stereocenters. The Kier molecular flexibility index (Phi) is 9.51. The molecule has 1 aliphatic carbocycles. The molecule has 222 valence electrons. The molecule has 0 unspecified atom stereocenters. The van der Waals surface area contributed by atoms with Crippen molar-refractivity contribution in [3.8, 4) is 5.75 Å². The second-order valence-corrected chi connectivity index (χ2v) is 12.8. The lowest BCUT2D eigenvalue weighted by Gasteiger charge is -2.34. The molecule has 0 saturated heterocycles. The minimum atomic E-state index is -0.544. The number of ether oxygens (including phenoxy) is 2. The van der Waals surface area contributed by atoms with E-state index in [-0.39, 0.29) is 29.9 Å². The number of benzene rings is 2. The number of nitrogens with zero attached hydrogens (tertiary/aromatic N) is 2. The third-order valence-corrected chi connectivity index (χ3v) is 8.39. The number of likely N-dealkylation sites (N-methyl/N-ethyl adjacent to an activating group) is 1. The van der Waals surface area contributed by atoms with Crippen LogP contribution in [0.5, 0.6) is 5.75 Å². The van der Waals surface area contributed by atoms with Crippen LogP contribution in [0.25, 0.3) is 0 Å². The summed E-state index contributed by atoms with van der Waals surface area (Å²) in [6.45, 7) is 9.01. The van der Waals surface area contributed by atoms with Crippen molar-refractivity contribution in [2.45, 2.75) is 71.6 Å². The summed E-state index contributed by atoms with van der Waals surface area (Å²) >= 11 is 3.66. The molecule has 2 aliphatic rings. The van der Waals surface area contributed by atoms with Crippen molar-refractivity contribution in [2.24, 2.45) is 5.92 Å². The first-order valence-electron chi connectivity index (χ1n) is 14.1. The van der Waals surface area contributed by atoms with Crippen molar-refractivity contribution >= 4 is 45.2 Å². The minimum absolute atomic E-state index is 0.0150. The summed E-state index contributed by atoms with van der Waals surface area (Å²) in [6, 6.07) is 9.64. The van der Waals surface area contributed by atoms with Gasteiger partial charge in [-0.3, -0.25) is 9.59 Å². The Morgan fingerprint density at radius 1 is 1.10 bits per heavy atom. The van der Waals surface area contributed by atoms with Gasteiger partial charge in [-0.1, -0.05) is 22.0 Å². The van der Waals surface area contributed by atoms with Crippen LogP contribution in [0.15, 0.2) is 34.8 Å². The number of halogens is 1. The maximum atomic E-state index is 13.5. The van der Waals surface area contributed by atoms with Gasteiger partial charge in [0.15, 0.2) is 0 Å². The van der Waals surface area contributed by atoms with E-state index < -0.39 is 5.60 Å². The third-order valence-electron chi connectivity index (χ3n) is 7.68. The smallest absolute Gasteiger partial charge is 0.410 e. The van der Waals surface area contributed by atoms with Gasteiger partial charge in [-0.05, 0) is 82.7 Å². The number of aryl methyl sites for hydroxylation is 1. The van der Waals surface area contributed by atoms with E-state index in [4.69, 9.17) is 9.47 Å². The number of anilines is 2. The molecule has 3 amide bonds. The van der Waals surface area contributed by atoms with Gasteiger partial charge in [0.1, 0.15) is 11.4 Å². The Bertz CT molecular complexity index is 1300. The number of fused-ring (bicyclic) bond motifs is 1. The van der Waals surface area contributed by atoms with Crippen molar-refractivity contribution in [2.75, 3.05) is 37.9 Å². The maximum Gasteiger partial charge on any atom is 0.410 e. The monoisotopic (exact) mass is 628 g/mol. The summed E-state index contributed by atoms with van der Waals surface area (Å²) in [5.74, 6) is 0.701. The van der Waals surface area contributed by atoms with E-state index in [0.29, 0.717) is 25.2 Å². The van der Waals surface area contributed by atoms with Gasteiger partial charge >= 0.3 is 6.09 Å². The summed E-state index contributed by atoms with van der Waals surface area (Å²) in [5, 5.41) is 6.36. The zero-order chi connectivity index (χ0) is 29.9. The third kappa shape index (κ3) is 7.52. The van der Waals surface area contributed by atoms with E-state index in [1.54, 1.807) is 14.2 Å². The first-order chi connectivity index (χ1) is 19.4. The van der Waals surface area contributed by atoms with Crippen molar-refractivity contribution in [1.82, 2.24) is 9.80 Å². The lowest BCUT2D eigenvalue weighted by molar-refractivity contribution is -0.121. The highest BCUT2D eigenvalue weighted by atomic mass is 79.9. The topological polar surface area (TPSA) is 100 Å². The predicted molar refractivity (Wildman–Crippen MR) is 163 cm³/mol. The lowest BCUT2D eigenvalue weighted by atomic mass is 9.84. The molecule has 10 heteroatoms. The van der Waals surface area contributed by atoms with Gasteiger partial charge in [-0.15, -0.1) is 0 Å². The van der Waals surface area contributed by atoms with Gasteiger partial charge in [-0.2, -0.15) is 0 Å². The van der Waals surface area contributed by atoms with E-state index >= 15 is 0 Å². The van der Waals surface area contributed by atoms with Crippen molar-refractivity contribution < 1.29 is 23.9 Å². The molecule has 0 spiro atoms. The van der Waals surface area contributed by atoms with Gasteiger partial charge in [0, 0.05) is 66.1 Å². The van der Waals surface area contributed by atoms with E-state index in [9.17, 15) is 14.4 Å². The largest absolute Gasteiger partial charge is 0.496 e. The Morgan fingerprint density at radius 3 is 2.46 bits per heavy atom. The fourth-order valence-corrected chi connectivity index (χ4v) is 5.96. The fraction of sp³-hybridized carbons (Fsp3) is 0.516. The molecule has 2 aromatic carbocycles. The van der Waals surface area contributed by atoms with E-state index in [1.807, 2.05) is 62.9 Å². The van der Waals surface area contributed by atoms with Crippen LogP contribution in [-0.4, -0.2) is 66.6 Å². The molecule has 41 heavy (non-hydrogen) atoms. The number of rotatable bonds is 8. The van der Waals surface area contributed by atoms with Crippen LogP contribution in [-0.2, 0) is 16.1 Å². The van der Waals surface area contributed by atoms with Crippen LogP contribution < -0.4 is 15.4 Å². The molecule has 2 N–H and O–H groups in total. The number of carbonyl (C=O) groups is 3. The average Bonchev–Trinajstić information content (AvgIpc) is 3.25.